The van der Waals surface area contributed by atoms with Crippen molar-refractivity contribution < 1.29 is 23.6 Å². The van der Waals surface area contributed by atoms with Gasteiger partial charge in [0, 0.05) is 31.4 Å². The highest BCUT2D eigenvalue weighted by Crippen LogP contribution is 2.63. The Bertz CT molecular complexity index is 805. The molecule has 2 aromatic rings. The average molecular weight is 406 g/mol. The molecule has 7 nitrogen and oxygen atoms in total. The fourth-order valence-corrected chi connectivity index (χ4v) is 5.19. The number of hydrogen-bond acceptors (Lipinski definition) is 6. The lowest BCUT2D eigenvalue weighted by Crippen LogP contribution is -2.27. The van der Waals surface area contributed by atoms with E-state index in [0.29, 0.717) is 5.06 Å². The van der Waals surface area contributed by atoms with Gasteiger partial charge in [0.05, 0.1) is 18.9 Å². The standard InChI is InChI=1S/C20H27N2O5P/c1-4-26-28(25,27-5-2)20(12-14-22(24)16(3)23)19-11-7-6-10-18(19)17-9-8-13-21-15-17/h6-11,13,15,20,24H,4-5,12,14H2,1-3H3. The van der Waals surface area contributed by atoms with Crippen LogP contribution in [0.3, 0.4) is 0 Å². The third kappa shape index (κ3) is 5.49. The van der Waals surface area contributed by atoms with E-state index in [4.69, 9.17) is 9.05 Å². The maximum Gasteiger partial charge on any atom is 0.338 e. The highest BCUT2D eigenvalue weighted by atomic mass is 31.2. The number of pyridine rings is 1. The third-order valence-corrected chi connectivity index (χ3v) is 6.81. The summed E-state index contributed by atoms with van der Waals surface area (Å²) in [6.45, 7) is 5.22. The second-order valence-electron chi connectivity index (χ2n) is 6.15. The van der Waals surface area contributed by atoms with Gasteiger partial charge in [-0.05, 0) is 37.5 Å². The molecule has 8 heteroatoms. The number of benzene rings is 1. The second kappa shape index (κ2) is 10.5. The van der Waals surface area contributed by atoms with E-state index in [0.717, 1.165) is 16.7 Å². The Kier molecular flexibility index (Phi) is 8.33. The number of aromatic nitrogens is 1. The predicted octanol–water partition coefficient (Wildman–Crippen LogP) is 4.68. The number of rotatable bonds is 10. The molecule has 1 atom stereocenters. The zero-order chi connectivity index (χ0) is 20.6. The maximum atomic E-state index is 13.6. The van der Waals surface area contributed by atoms with E-state index < -0.39 is 19.2 Å². The Hall–Kier alpha value is -2.05. The minimum Gasteiger partial charge on any atom is -0.308 e. The zero-order valence-electron chi connectivity index (χ0n) is 16.4. The van der Waals surface area contributed by atoms with Crippen LogP contribution in [0, 0.1) is 0 Å². The number of carbonyl (C=O) groups is 1. The molecule has 28 heavy (non-hydrogen) atoms. The summed E-state index contributed by atoms with van der Waals surface area (Å²) in [6.07, 6.45) is 3.63. The van der Waals surface area contributed by atoms with Crippen molar-refractivity contribution in [1.82, 2.24) is 10.0 Å². The van der Waals surface area contributed by atoms with E-state index in [1.54, 1.807) is 26.2 Å². The molecular formula is C20H27N2O5P. The van der Waals surface area contributed by atoms with Gasteiger partial charge in [-0.2, -0.15) is 0 Å². The Labute approximate surface area is 165 Å². The predicted molar refractivity (Wildman–Crippen MR) is 107 cm³/mol. The summed E-state index contributed by atoms with van der Waals surface area (Å²) in [5.74, 6) is -0.484. The molecule has 0 saturated carbocycles. The minimum absolute atomic E-state index is 0.00547. The van der Waals surface area contributed by atoms with E-state index in [-0.39, 0.29) is 26.2 Å². The summed E-state index contributed by atoms with van der Waals surface area (Å²) in [5, 5.41) is 10.4. The highest BCUT2D eigenvalue weighted by molar-refractivity contribution is 7.54. The molecule has 2 rings (SSSR count). The van der Waals surface area contributed by atoms with Crippen LogP contribution >= 0.6 is 7.60 Å². The normalized spacial score (nSPS) is 12.6. The van der Waals surface area contributed by atoms with Crippen molar-refractivity contribution in [2.24, 2.45) is 0 Å². The van der Waals surface area contributed by atoms with Crippen LogP contribution in [0.4, 0.5) is 0 Å². The first-order valence-corrected chi connectivity index (χ1v) is 10.9. The molecule has 1 unspecified atom stereocenters. The molecule has 0 spiro atoms. The summed E-state index contributed by atoms with van der Waals surface area (Å²) in [4.78, 5) is 15.6. The lowest BCUT2D eigenvalue weighted by molar-refractivity contribution is -0.162. The van der Waals surface area contributed by atoms with Crippen molar-refractivity contribution in [2.75, 3.05) is 19.8 Å². The minimum atomic E-state index is -3.55. The molecule has 0 radical (unpaired) electrons. The van der Waals surface area contributed by atoms with Crippen LogP contribution in [-0.4, -0.2) is 40.9 Å². The van der Waals surface area contributed by atoms with Crippen LogP contribution < -0.4 is 0 Å². The quantitative estimate of drug-likeness (QED) is 0.350. The van der Waals surface area contributed by atoms with E-state index in [1.165, 1.54) is 6.92 Å². The molecule has 1 amide bonds. The first kappa shape index (κ1) is 22.2. The smallest absolute Gasteiger partial charge is 0.308 e. The number of amides is 1. The first-order chi connectivity index (χ1) is 13.4. The molecule has 0 bridgehead atoms. The van der Waals surface area contributed by atoms with Gasteiger partial charge in [-0.25, -0.2) is 5.06 Å². The topological polar surface area (TPSA) is 89.0 Å². The van der Waals surface area contributed by atoms with Crippen LogP contribution in [0.15, 0.2) is 48.8 Å². The van der Waals surface area contributed by atoms with Crippen molar-refractivity contribution in [3.63, 3.8) is 0 Å². The van der Waals surface area contributed by atoms with Crippen LogP contribution in [0.5, 0.6) is 0 Å². The van der Waals surface area contributed by atoms with Gasteiger partial charge in [-0.1, -0.05) is 30.3 Å². The van der Waals surface area contributed by atoms with Gasteiger partial charge in [0.2, 0.25) is 5.91 Å². The molecule has 1 heterocycles. The number of nitrogens with zero attached hydrogens (tertiary/aromatic N) is 2. The van der Waals surface area contributed by atoms with Crippen LogP contribution in [0.1, 0.15) is 38.4 Å². The van der Waals surface area contributed by atoms with Gasteiger partial charge < -0.3 is 9.05 Å². The molecule has 0 aliphatic carbocycles. The molecule has 0 aliphatic rings. The Balaban J connectivity index is 2.52. The van der Waals surface area contributed by atoms with E-state index in [1.807, 2.05) is 36.4 Å². The lowest BCUT2D eigenvalue weighted by Gasteiger charge is -2.29. The fourth-order valence-electron chi connectivity index (χ4n) is 3.04. The van der Waals surface area contributed by atoms with Crippen molar-refractivity contribution in [2.45, 2.75) is 32.9 Å². The number of carbonyl (C=O) groups excluding carboxylic acids is 1. The monoisotopic (exact) mass is 406 g/mol. The summed E-state index contributed by atoms with van der Waals surface area (Å²) in [6, 6.07) is 11.3. The Morgan fingerprint density at radius 3 is 2.43 bits per heavy atom. The first-order valence-electron chi connectivity index (χ1n) is 9.28. The number of hydrogen-bond donors (Lipinski definition) is 1. The van der Waals surface area contributed by atoms with Crippen LogP contribution in [0.2, 0.25) is 0 Å². The summed E-state index contributed by atoms with van der Waals surface area (Å²) in [5.41, 5.74) is 1.83. The molecule has 0 aliphatic heterocycles. The van der Waals surface area contributed by atoms with Crippen molar-refractivity contribution >= 4 is 13.5 Å². The summed E-state index contributed by atoms with van der Waals surface area (Å²) < 4.78 is 24.8. The molecule has 0 fully saturated rings. The highest BCUT2D eigenvalue weighted by Gasteiger charge is 2.38. The summed E-state index contributed by atoms with van der Waals surface area (Å²) >= 11 is 0. The van der Waals surface area contributed by atoms with E-state index in [2.05, 4.69) is 4.98 Å². The molecule has 1 N–H and O–H groups in total. The largest absolute Gasteiger partial charge is 0.338 e. The van der Waals surface area contributed by atoms with Gasteiger partial charge >= 0.3 is 7.60 Å². The average Bonchev–Trinajstić information content (AvgIpc) is 2.69. The van der Waals surface area contributed by atoms with Gasteiger partial charge in [0.1, 0.15) is 0 Å². The molecular weight excluding hydrogens is 379 g/mol. The fraction of sp³-hybridized carbons (Fsp3) is 0.400. The van der Waals surface area contributed by atoms with Crippen LogP contribution in [0.25, 0.3) is 11.1 Å². The number of hydroxylamine groups is 2. The Morgan fingerprint density at radius 1 is 1.18 bits per heavy atom. The molecule has 152 valence electrons. The van der Waals surface area contributed by atoms with Crippen LogP contribution in [-0.2, 0) is 18.4 Å². The van der Waals surface area contributed by atoms with E-state index >= 15 is 0 Å². The Morgan fingerprint density at radius 2 is 1.86 bits per heavy atom. The van der Waals surface area contributed by atoms with Gasteiger partial charge in [-0.3, -0.25) is 19.6 Å². The maximum absolute atomic E-state index is 13.6. The van der Waals surface area contributed by atoms with Gasteiger partial charge in [0.15, 0.2) is 0 Å². The SMILES string of the molecule is CCOP(=O)(OCC)C(CCN(O)C(C)=O)c1ccccc1-c1cccnc1. The van der Waals surface area contributed by atoms with Crippen molar-refractivity contribution in [1.29, 1.82) is 0 Å². The summed E-state index contributed by atoms with van der Waals surface area (Å²) in [7, 11) is -3.55. The zero-order valence-corrected chi connectivity index (χ0v) is 17.3. The molecule has 1 aromatic heterocycles. The van der Waals surface area contributed by atoms with Gasteiger partial charge in [-0.15, -0.1) is 0 Å². The van der Waals surface area contributed by atoms with Crippen molar-refractivity contribution in [3.05, 3.63) is 54.4 Å². The lowest BCUT2D eigenvalue weighted by atomic mass is 9.97. The van der Waals surface area contributed by atoms with Crippen molar-refractivity contribution in [3.8, 4) is 11.1 Å². The second-order valence-corrected chi connectivity index (χ2v) is 8.37. The van der Waals surface area contributed by atoms with Gasteiger partial charge in [0.25, 0.3) is 0 Å². The van der Waals surface area contributed by atoms with E-state index in [9.17, 15) is 14.6 Å². The molecule has 0 saturated heterocycles. The molecule has 1 aromatic carbocycles. The third-order valence-electron chi connectivity index (χ3n) is 4.27.